The van der Waals surface area contributed by atoms with Crippen LogP contribution in [0.25, 0.3) is 11.0 Å². The quantitative estimate of drug-likeness (QED) is 0.537. The molecule has 2 atom stereocenters. The molecule has 9 nitrogen and oxygen atoms in total. The molecule has 0 N–H and O–H groups in total. The molecule has 2 unspecified atom stereocenters. The Kier molecular flexibility index (Phi) is 5.67. The molecule has 1 amide bonds. The highest BCUT2D eigenvalue weighted by atomic mass is 16.6. The standard InChI is InChI=1S/C26H31N7O2/c27-13-19-8-9-23-24(11-19)32(18-28-23)14-20-5-4-10-26(12-20)17-31(25(34)35-26)15-21-16-33(30-29-21)22-6-2-1-3-7-22/h8-9,11,16,18,20,22H,1-7,10,12,14-15,17H2. The van der Waals surface area contributed by atoms with Crippen LogP contribution in [0, 0.1) is 17.2 Å². The van der Waals surface area contributed by atoms with Crippen molar-refractivity contribution in [2.24, 2.45) is 5.92 Å². The van der Waals surface area contributed by atoms with Crippen LogP contribution in [-0.4, -0.2) is 47.7 Å². The second-order valence-corrected chi connectivity index (χ2v) is 10.6. The number of imidazole rings is 1. The zero-order valence-corrected chi connectivity index (χ0v) is 20.0. The van der Waals surface area contributed by atoms with E-state index >= 15 is 0 Å². The maximum absolute atomic E-state index is 12.8. The smallest absolute Gasteiger partial charge is 0.410 e. The molecule has 3 fully saturated rings. The molecule has 3 heterocycles. The second kappa shape index (κ2) is 8.99. The Hall–Kier alpha value is -3.41. The molecule has 2 aliphatic carbocycles. The van der Waals surface area contributed by atoms with Gasteiger partial charge < -0.3 is 9.30 Å². The number of amides is 1. The van der Waals surface area contributed by atoms with Crippen LogP contribution in [0.4, 0.5) is 4.79 Å². The second-order valence-electron chi connectivity index (χ2n) is 10.6. The van der Waals surface area contributed by atoms with E-state index in [2.05, 4.69) is 25.9 Å². The molecule has 9 heteroatoms. The van der Waals surface area contributed by atoms with Gasteiger partial charge in [-0.15, -0.1) is 5.10 Å². The first-order valence-corrected chi connectivity index (χ1v) is 12.8. The highest BCUT2D eigenvalue weighted by Gasteiger charge is 2.48. The lowest BCUT2D eigenvalue weighted by molar-refractivity contribution is 0.00415. The third-order valence-electron chi connectivity index (χ3n) is 8.01. The molecule has 35 heavy (non-hydrogen) atoms. The summed E-state index contributed by atoms with van der Waals surface area (Å²) in [4.78, 5) is 19.1. The molecular weight excluding hydrogens is 442 g/mol. The van der Waals surface area contributed by atoms with E-state index in [1.54, 1.807) is 11.0 Å². The predicted octanol–water partition coefficient (Wildman–Crippen LogP) is 4.59. The fourth-order valence-electron chi connectivity index (χ4n) is 6.31. The molecule has 2 aromatic heterocycles. The summed E-state index contributed by atoms with van der Waals surface area (Å²) in [5.74, 6) is 0.381. The summed E-state index contributed by atoms with van der Waals surface area (Å²) in [6.45, 7) is 1.85. The van der Waals surface area contributed by atoms with Gasteiger partial charge in [0.2, 0.25) is 0 Å². The van der Waals surface area contributed by atoms with Crippen molar-refractivity contribution in [1.82, 2.24) is 29.4 Å². The van der Waals surface area contributed by atoms with Crippen molar-refractivity contribution in [3.63, 3.8) is 0 Å². The van der Waals surface area contributed by atoms with Gasteiger partial charge in [0.15, 0.2) is 0 Å². The maximum atomic E-state index is 12.8. The molecule has 1 saturated heterocycles. The fourth-order valence-corrected chi connectivity index (χ4v) is 6.31. The van der Waals surface area contributed by atoms with Crippen molar-refractivity contribution >= 4 is 17.1 Å². The SMILES string of the molecule is N#Cc1ccc2ncn(CC3CCCC4(C3)CN(Cc3cn(C5CCCCC5)nn3)C(=O)O4)c2c1. The van der Waals surface area contributed by atoms with Gasteiger partial charge in [0.25, 0.3) is 0 Å². The number of fused-ring (bicyclic) bond motifs is 1. The van der Waals surface area contributed by atoms with E-state index in [0.717, 1.165) is 61.8 Å². The average molecular weight is 474 g/mol. The fraction of sp³-hybridized carbons (Fsp3) is 0.577. The summed E-state index contributed by atoms with van der Waals surface area (Å²) in [5, 5.41) is 18.0. The number of aromatic nitrogens is 5. The Morgan fingerprint density at radius 1 is 1.17 bits per heavy atom. The van der Waals surface area contributed by atoms with E-state index in [9.17, 15) is 10.1 Å². The van der Waals surface area contributed by atoms with Crippen molar-refractivity contribution < 1.29 is 9.53 Å². The Labute approximate surface area is 204 Å². The van der Waals surface area contributed by atoms with Crippen LogP contribution < -0.4 is 0 Å². The molecule has 1 aliphatic heterocycles. The predicted molar refractivity (Wildman–Crippen MR) is 128 cm³/mol. The van der Waals surface area contributed by atoms with Gasteiger partial charge in [-0.05, 0) is 62.6 Å². The van der Waals surface area contributed by atoms with Crippen molar-refractivity contribution in [2.45, 2.75) is 82.5 Å². The minimum absolute atomic E-state index is 0.246. The minimum atomic E-state index is -0.437. The van der Waals surface area contributed by atoms with Crippen molar-refractivity contribution in [2.75, 3.05) is 6.54 Å². The first-order valence-electron chi connectivity index (χ1n) is 12.8. The minimum Gasteiger partial charge on any atom is -0.441 e. The number of carbonyl (C=O) groups is 1. The zero-order chi connectivity index (χ0) is 23.8. The van der Waals surface area contributed by atoms with E-state index in [1.165, 1.54) is 19.3 Å². The number of nitrogens with zero attached hydrogens (tertiary/aromatic N) is 7. The van der Waals surface area contributed by atoms with Crippen LogP contribution in [0.3, 0.4) is 0 Å². The number of ether oxygens (including phenoxy) is 1. The lowest BCUT2D eigenvalue weighted by atomic mass is 9.78. The molecule has 6 rings (SSSR count). The summed E-state index contributed by atoms with van der Waals surface area (Å²) in [5.41, 5.74) is 2.91. The molecule has 1 aromatic carbocycles. The number of hydrogen-bond donors (Lipinski definition) is 0. The van der Waals surface area contributed by atoms with Crippen molar-refractivity contribution in [3.8, 4) is 6.07 Å². The van der Waals surface area contributed by atoms with Gasteiger partial charge >= 0.3 is 6.09 Å². The Bertz CT molecular complexity index is 1270. The first-order chi connectivity index (χ1) is 17.1. The first kappa shape index (κ1) is 22.1. The summed E-state index contributed by atoms with van der Waals surface area (Å²) in [7, 11) is 0. The van der Waals surface area contributed by atoms with Gasteiger partial charge in [0.1, 0.15) is 11.3 Å². The molecule has 0 bridgehead atoms. The van der Waals surface area contributed by atoms with Crippen LogP contribution in [0.2, 0.25) is 0 Å². The number of rotatable bonds is 5. The van der Waals surface area contributed by atoms with Crippen LogP contribution in [0.5, 0.6) is 0 Å². The van der Waals surface area contributed by atoms with Crippen LogP contribution in [0.15, 0.2) is 30.7 Å². The van der Waals surface area contributed by atoms with E-state index in [1.807, 2.05) is 29.3 Å². The average Bonchev–Trinajstić information content (AvgIpc) is 3.58. The number of nitriles is 1. The van der Waals surface area contributed by atoms with E-state index in [-0.39, 0.29) is 6.09 Å². The largest absolute Gasteiger partial charge is 0.441 e. The van der Waals surface area contributed by atoms with Gasteiger partial charge in [-0.25, -0.2) is 14.5 Å². The molecule has 2 saturated carbocycles. The van der Waals surface area contributed by atoms with E-state index in [0.29, 0.717) is 30.6 Å². The van der Waals surface area contributed by atoms with Gasteiger partial charge in [-0.1, -0.05) is 24.5 Å². The molecule has 0 radical (unpaired) electrons. The lowest BCUT2D eigenvalue weighted by Crippen LogP contribution is -2.40. The monoisotopic (exact) mass is 473 g/mol. The Balaban J connectivity index is 1.12. The Morgan fingerprint density at radius 2 is 2.06 bits per heavy atom. The summed E-state index contributed by atoms with van der Waals surface area (Å²) in [6, 6.07) is 8.25. The van der Waals surface area contributed by atoms with Gasteiger partial charge in [-0.2, -0.15) is 5.26 Å². The van der Waals surface area contributed by atoms with Crippen LogP contribution >= 0.6 is 0 Å². The third-order valence-corrected chi connectivity index (χ3v) is 8.01. The molecular formula is C26H31N7O2. The maximum Gasteiger partial charge on any atom is 0.410 e. The summed E-state index contributed by atoms with van der Waals surface area (Å²) >= 11 is 0. The van der Waals surface area contributed by atoms with Crippen molar-refractivity contribution in [3.05, 3.63) is 42.0 Å². The third kappa shape index (κ3) is 4.38. The van der Waals surface area contributed by atoms with Crippen LogP contribution in [0.1, 0.15) is 75.1 Å². The van der Waals surface area contributed by atoms with Crippen LogP contribution in [-0.2, 0) is 17.8 Å². The zero-order valence-electron chi connectivity index (χ0n) is 20.0. The number of hydrogen-bond acceptors (Lipinski definition) is 6. The number of carbonyl (C=O) groups excluding carboxylic acids is 1. The summed E-state index contributed by atoms with van der Waals surface area (Å²) in [6.07, 6.45) is 13.6. The topological polar surface area (TPSA) is 102 Å². The summed E-state index contributed by atoms with van der Waals surface area (Å²) < 4.78 is 10.2. The highest BCUT2D eigenvalue weighted by molar-refractivity contribution is 5.77. The van der Waals surface area contributed by atoms with Crippen molar-refractivity contribution in [1.29, 1.82) is 5.26 Å². The normalized spacial score (nSPS) is 25.3. The van der Waals surface area contributed by atoms with Gasteiger partial charge in [0.05, 0.1) is 54.3 Å². The molecule has 182 valence electrons. The number of benzene rings is 1. The lowest BCUT2D eigenvalue weighted by Gasteiger charge is -2.36. The van der Waals surface area contributed by atoms with Gasteiger partial charge in [0, 0.05) is 6.54 Å². The molecule has 3 aliphatic rings. The van der Waals surface area contributed by atoms with Gasteiger partial charge in [-0.3, -0.25) is 4.90 Å². The Morgan fingerprint density at radius 3 is 2.91 bits per heavy atom. The van der Waals surface area contributed by atoms with E-state index in [4.69, 9.17) is 4.74 Å². The molecule has 3 aromatic rings. The van der Waals surface area contributed by atoms with E-state index < -0.39 is 5.60 Å². The highest BCUT2D eigenvalue weighted by Crippen LogP contribution is 2.41. The molecule has 1 spiro atoms.